The van der Waals surface area contributed by atoms with Gasteiger partial charge in [0.2, 0.25) is 0 Å². The molecule has 0 saturated carbocycles. The average Bonchev–Trinajstić information content (AvgIpc) is 2.74. The van der Waals surface area contributed by atoms with Crippen molar-refractivity contribution in [2.24, 2.45) is 5.92 Å². The molecular formula is C22H21ClN2O5. The van der Waals surface area contributed by atoms with Crippen LogP contribution in [0.15, 0.2) is 42.5 Å². The Labute approximate surface area is 178 Å². The molecule has 1 heterocycles. The van der Waals surface area contributed by atoms with Gasteiger partial charge in [0, 0.05) is 31.2 Å². The lowest BCUT2D eigenvalue weighted by Gasteiger charge is -2.37. The maximum Gasteiger partial charge on any atom is 0.335 e. The second-order valence-corrected chi connectivity index (χ2v) is 7.66. The fourth-order valence-corrected chi connectivity index (χ4v) is 3.81. The average molecular weight is 429 g/mol. The normalized spacial score (nSPS) is 16.3. The third-order valence-corrected chi connectivity index (χ3v) is 5.62. The van der Waals surface area contributed by atoms with Crippen LogP contribution in [0.2, 0.25) is 5.02 Å². The molecule has 1 fully saturated rings. The number of anilines is 1. The van der Waals surface area contributed by atoms with E-state index in [0.717, 1.165) is 0 Å². The molecule has 1 atom stereocenters. The van der Waals surface area contributed by atoms with Gasteiger partial charge < -0.3 is 20.3 Å². The smallest absolute Gasteiger partial charge is 0.335 e. The molecular weight excluding hydrogens is 408 g/mol. The van der Waals surface area contributed by atoms with Gasteiger partial charge in [-0.2, -0.15) is 5.26 Å². The maximum absolute atomic E-state index is 13.2. The van der Waals surface area contributed by atoms with Crippen molar-refractivity contribution < 1.29 is 24.5 Å². The fraction of sp³-hybridized carbons (Fsp3) is 0.318. The number of nitriles is 1. The lowest BCUT2D eigenvalue weighted by atomic mass is 9.77. The van der Waals surface area contributed by atoms with Crippen molar-refractivity contribution in [3.8, 4) is 6.07 Å². The van der Waals surface area contributed by atoms with Crippen LogP contribution in [0, 0.1) is 17.2 Å². The number of halogens is 1. The Bertz CT molecular complexity index is 980. The molecule has 7 nitrogen and oxygen atoms in total. The quantitative estimate of drug-likeness (QED) is 0.649. The first-order chi connectivity index (χ1) is 14.3. The lowest BCUT2D eigenvalue weighted by Crippen LogP contribution is -2.52. The zero-order valence-electron chi connectivity index (χ0n) is 16.1. The van der Waals surface area contributed by atoms with Gasteiger partial charge in [-0.15, -0.1) is 0 Å². The third kappa shape index (κ3) is 4.79. The maximum atomic E-state index is 13.2. The van der Waals surface area contributed by atoms with E-state index in [1.807, 2.05) is 6.07 Å². The first-order valence-corrected chi connectivity index (χ1v) is 9.85. The molecule has 0 spiro atoms. The highest BCUT2D eigenvalue weighted by molar-refractivity contribution is 6.32. The van der Waals surface area contributed by atoms with E-state index in [1.165, 1.54) is 24.3 Å². The van der Waals surface area contributed by atoms with E-state index in [1.54, 1.807) is 18.2 Å². The molecule has 30 heavy (non-hydrogen) atoms. The van der Waals surface area contributed by atoms with Gasteiger partial charge in [0.15, 0.2) is 0 Å². The fourth-order valence-electron chi connectivity index (χ4n) is 3.58. The van der Waals surface area contributed by atoms with Crippen LogP contribution in [0.3, 0.4) is 0 Å². The molecule has 0 bridgehead atoms. The SMILES string of the molecule is N#Cc1ccc(NC(=O)C(O)(Cc2ccc(C(=O)O)cc2)C2CCOCC2)cc1Cl. The number of carbonyl (C=O) groups excluding carboxylic acids is 1. The molecule has 2 aromatic carbocycles. The second-order valence-electron chi connectivity index (χ2n) is 7.25. The van der Waals surface area contributed by atoms with Crippen molar-refractivity contribution in [1.29, 1.82) is 5.26 Å². The van der Waals surface area contributed by atoms with Crippen molar-refractivity contribution in [3.05, 3.63) is 64.2 Å². The van der Waals surface area contributed by atoms with Gasteiger partial charge in [0.1, 0.15) is 11.7 Å². The zero-order chi connectivity index (χ0) is 21.7. The van der Waals surface area contributed by atoms with Crippen molar-refractivity contribution >= 4 is 29.2 Å². The third-order valence-electron chi connectivity index (χ3n) is 5.31. The van der Waals surface area contributed by atoms with Gasteiger partial charge in [0.25, 0.3) is 5.91 Å². The summed E-state index contributed by atoms with van der Waals surface area (Å²) in [7, 11) is 0. The first kappa shape index (κ1) is 21.8. The minimum Gasteiger partial charge on any atom is -0.478 e. The molecule has 1 saturated heterocycles. The van der Waals surface area contributed by atoms with E-state index < -0.39 is 17.5 Å². The number of aromatic carboxylic acids is 1. The number of amides is 1. The number of rotatable bonds is 6. The van der Waals surface area contributed by atoms with Crippen LogP contribution in [-0.4, -0.2) is 40.9 Å². The van der Waals surface area contributed by atoms with Gasteiger partial charge in [0.05, 0.1) is 16.1 Å². The molecule has 3 rings (SSSR count). The van der Waals surface area contributed by atoms with Gasteiger partial charge in [-0.1, -0.05) is 23.7 Å². The van der Waals surface area contributed by atoms with Crippen LogP contribution < -0.4 is 5.32 Å². The van der Waals surface area contributed by atoms with Crippen molar-refractivity contribution in [1.82, 2.24) is 0 Å². The minimum atomic E-state index is -1.73. The predicted molar refractivity (Wildman–Crippen MR) is 110 cm³/mol. The molecule has 156 valence electrons. The number of carboxylic acid groups (broad SMARTS) is 1. The number of hydrogen-bond acceptors (Lipinski definition) is 5. The molecule has 0 aliphatic carbocycles. The summed E-state index contributed by atoms with van der Waals surface area (Å²) < 4.78 is 5.37. The number of ether oxygens (including phenoxy) is 1. The number of carbonyl (C=O) groups is 2. The highest BCUT2D eigenvalue weighted by Gasteiger charge is 2.44. The highest BCUT2D eigenvalue weighted by atomic mass is 35.5. The molecule has 1 aliphatic heterocycles. The topological polar surface area (TPSA) is 120 Å². The molecule has 8 heteroatoms. The predicted octanol–water partition coefficient (Wildman–Crippen LogP) is 3.25. The van der Waals surface area contributed by atoms with E-state index in [2.05, 4.69) is 5.32 Å². The Hall–Kier alpha value is -2.92. The van der Waals surface area contributed by atoms with Crippen LogP contribution in [0.1, 0.15) is 34.3 Å². The van der Waals surface area contributed by atoms with Crippen molar-refractivity contribution in [2.45, 2.75) is 24.9 Å². The summed E-state index contributed by atoms with van der Waals surface area (Å²) in [5.74, 6) is -1.96. The second kappa shape index (κ2) is 9.26. The van der Waals surface area contributed by atoms with E-state index >= 15 is 0 Å². The monoisotopic (exact) mass is 428 g/mol. The van der Waals surface area contributed by atoms with Crippen LogP contribution in [0.4, 0.5) is 5.69 Å². The number of nitrogens with zero attached hydrogens (tertiary/aromatic N) is 1. The van der Waals surface area contributed by atoms with Gasteiger partial charge in [-0.3, -0.25) is 4.79 Å². The summed E-state index contributed by atoms with van der Waals surface area (Å²) in [6.45, 7) is 0.891. The molecule has 1 unspecified atom stereocenters. The molecule has 2 aromatic rings. The molecule has 1 amide bonds. The molecule has 1 aliphatic rings. The Balaban J connectivity index is 1.86. The van der Waals surface area contributed by atoms with E-state index in [0.29, 0.717) is 37.3 Å². The number of carboxylic acids is 1. The van der Waals surface area contributed by atoms with E-state index in [9.17, 15) is 14.7 Å². The van der Waals surface area contributed by atoms with Crippen LogP contribution in [0.5, 0.6) is 0 Å². The zero-order valence-corrected chi connectivity index (χ0v) is 16.9. The summed E-state index contributed by atoms with van der Waals surface area (Å²) in [4.78, 5) is 24.2. The number of hydrogen-bond donors (Lipinski definition) is 3. The molecule has 0 radical (unpaired) electrons. The van der Waals surface area contributed by atoms with Crippen LogP contribution in [0.25, 0.3) is 0 Å². The van der Waals surface area contributed by atoms with E-state index in [4.69, 9.17) is 26.7 Å². The summed E-state index contributed by atoms with van der Waals surface area (Å²) >= 11 is 6.05. The summed E-state index contributed by atoms with van der Waals surface area (Å²) in [5.41, 5.74) is -0.301. The Morgan fingerprint density at radius 1 is 1.20 bits per heavy atom. The Morgan fingerprint density at radius 3 is 2.43 bits per heavy atom. The Kier molecular flexibility index (Phi) is 6.73. The van der Waals surface area contributed by atoms with Crippen LogP contribution >= 0.6 is 11.6 Å². The lowest BCUT2D eigenvalue weighted by molar-refractivity contribution is -0.144. The molecule has 3 N–H and O–H groups in total. The minimum absolute atomic E-state index is 0.0212. The number of aliphatic hydroxyl groups is 1. The van der Waals surface area contributed by atoms with Gasteiger partial charge >= 0.3 is 5.97 Å². The van der Waals surface area contributed by atoms with Crippen LogP contribution in [-0.2, 0) is 16.0 Å². The van der Waals surface area contributed by atoms with Gasteiger partial charge in [-0.25, -0.2) is 4.79 Å². The summed E-state index contributed by atoms with van der Waals surface area (Å²) in [6.07, 6.45) is 1.06. The van der Waals surface area contributed by atoms with Crippen molar-refractivity contribution in [2.75, 3.05) is 18.5 Å². The van der Waals surface area contributed by atoms with Gasteiger partial charge in [-0.05, 0) is 48.7 Å². The van der Waals surface area contributed by atoms with E-state index in [-0.39, 0.29) is 28.5 Å². The molecule has 0 aromatic heterocycles. The number of nitrogens with one attached hydrogen (secondary N) is 1. The Morgan fingerprint density at radius 2 is 1.87 bits per heavy atom. The largest absolute Gasteiger partial charge is 0.478 e. The van der Waals surface area contributed by atoms with Crippen molar-refractivity contribution in [3.63, 3.8) is 0 Å². The summed E-state index contributed by atoms with van der Waals surface area (Å²) in [6, 6.07) is 12.5. The number of benzene rings is 2. The highest BCUT2D eigenvalue weighted by Crippen LogP contribution is 2.33. The standard InChI is InChI=1S/C22H21ClN2O5/c23-19-11-18(6-5-16(19)13-24)25-21(28)22(29,17-7-9-30-10-8-17)12-14-1-3-15(4-2-14)20(26)27/h1-6,11,17,29H,7-10,12H2,(H,25,28)(H,26,27). The summed E-state index contributed by atoms with van der Waals surface area (Å²) in [5, 5.41) is 32.5. The first-order valence-electron chi connectivity index (χ1n) is 9.47.